The average molecular weight is 294 g/mol. The van der Waals surface area contributed by atoms with Gasteiger partial charge in [0.05, 0.1) is 11.2 Å². The second-order valence-corrected chi connectivity index (χ2v) is 6.94. The summed E-state index contributed by atoms with van der Waals surface area (Å²) in [5, 5.41) is 3.49. The predicted octanol–water partition coefficient (Wildman–Crippen LogP) is 3.89. The van der Waals surface area contributed by atoms with E-state index in [0.29, 0.717) is 0 Å². The molecule has 112 valence electrons. The van der Waals surface area contributed by atoms with Gasteiger partial charge in [-0.1, -0.05) is 30.3 Å². The maximum atomic E-state index is 6.08. The third-order valence-corrected chi connectivity index (χ3v) is 4.93. The maximum Gasteiger partial charge on any atom is 0.532 e. The molecule has 3 aromatic rings. The number of benzene rings is 2. The van der Waals surface area contributed by atoms with Crippen LogP contribution in [0.3, 0.4) is 0 Å². The lowest BCUT2D eigenvalue weighted by molar-refractivity contribution is 0.00578. The van der Waals surface area contributed by atoms with Crippen molar-refractivity contribution in [2.24, 2.45) is 0 Å². The van der Waals surface area contributed by atoms with Gasteiger partial charge in [0.1, 0.15) is 11.2 Å². The quantitative estimate of drug-likeness (QED) is 0.638. The molecule has 0 amide bonds. The SMILES string of the molecule is CC1(C)OB(c2cc3c(ccc4ccccc43)o2)OC1(C)C. The number of furan rings is 1. The highest BCUT2D eigenvalue weighted by Gasteiger charge is 2.53. The molecule has 0 atom stereocenters. The first-order valence-corrected chi connectivity index (χ1v) is 7.64. The maximum absolute atomic E-state index is 6.08. The lowest BCUT2D eigenvalue weighted by Gasteiger charge is -2.32. The van der Waals surface area contributed by atoms with Gasteiger partial charge in [0.15, 0.2) is 0 Å². The standard InChI is InChI=1S/C18H19BO3/c1-17(2)18(3,4)22-19(21-17)16-11-14-13-8-6-5-7-12(13)9-10-15(14)20-16/h5-11H,1-4H3. The molecule has 0 aliphatic carbocycles. The van der Waals surface area contributed by atoms with Gasteiger partial charge >= 0.3 is 7.12 Å². The van der Waals surface area contributed by atoms with Crippen molar-refractivity contribution in [1.82, 2.24) is 0 Å². The Labute approximate surface area is 130 Å². The molecular weight excluding hydrogens is 275 g/mol. The predicted molar refractivity (Wildman–Crippen MR) is 89.4 cm³/mol. The molecule has 0 radical (unpaired) electrons. The monoisotopic (exact) mass is 294 g/mol. The summed E-state index contributed by atoms with van der Waals surface area (Å²) in [6.07, 6.45) is 0. The van der Waals surface area contributed by atoms with E-state index in [4.69, 9.17) is 13.7 Å². The van der Waals surface area contributed by atoms with Crippen LogP contribution in [0.25, 0.3) is 21.7 Å². The molecule has 1 aliphatic rings. The zero-order valence-electron chi connectivity index (χ0n) is 13.3. The van der Waals surface area contributed by atoms with Crippen LogP contribution in [0, 0.1) is 0 Å². The third kappa shape index (κ3) is 1.91. The van der Waals surface area contributed by atoms with E-state index in [9.17, 15) is 0 Å². The molecule has 22 heavy (non-hydrogen) atoms. The van der Waals surface area contributed by atoms with Crippen LogP contribution in [0.15, 0.2) is 46.9 Å². The molecule has 4 heteroatoms. The van der Waals surface area contributed by atoms with Crippen LogP contribution < -0.4 is 5.66 Å². The summed E-state index contributed by atoms with van der Waals surface area (Å²) < 4.78 is 18.1. The molecule has 0 spiro atoms. The van der Waals surface area contributed by atoms with Gasteiger partial charge in [0.25, 0.3) is 0 Å². The van der Waals surface area contributed by atoms with E-state index in [2.05, 4.69) is 18.2 Å². The summed E-state index contributed by atoms with van der Waals surface area (Å²) in [6.45, 7) is 8.19. The molecule has 0 bridgehead atoms. The zero-order chi connectivity index (χ0) is 15.5. The molecule has 1 aliphatic heterocycles. The van der Waals surface area contributed by atoms with E-state index in [0.717, 1.165) is 16.6 Å². The highest BCUT2D eigenvalue weighted by molar-refractivity contribution is 6.61. The Morgan fingerprint density at radius 3 is 2.23 bits per heavy atom. The lowest BCUT2D eigenvalue weighted by atomic mass is 9.86. The first-order chi connectivity index (χ1) is 10.4. The fourth-order valence-corrected chi connectivity index (χ4v) is 2.89. The molecule has 0 unspecified atom stereocenters. The molecule has 0 N–H and O–H groups in total. The summed E-state index contributed by atoms with van der Waals surface area (Å²) in [5.41, 5.74) is 0.866. The van der Waals surface area contributed by atoms with Crippen LogP contribution in [0.4, 0.5) is 0 Å². The minimum Gasteiger partial charge on any atom is -0.465 e. The average Bonchev–Trinajstić information content (AvgIpc) is 2.98. The molecule has 2 heterocycles. The smallest absolute Gasteiger partial charge is 0.465 e. The molecule has 1 fully saturated rings. The van der Waals surface area contributed by atoms with Crippen molar-refractivity contribution in [2.45, 2.75) is 38.9 Å². The fourth-order valence-electron chi connectivity index (χ4n) is 2.89. The first kappa shape index (κ1) is 13.9. The van der Waals surface area contributed by atoms with Crippen molar-refractivity contribution < 1.29 is 13.7 Å². The van der Waals surface area contributed by atoms with Crippen molar-refractivity contribution in [3.63, 3.8) is 0 Å². The van der Waals surface area contributed by atoms with E-state index in [1.165, 1.54) is 10.8 Å². The van der Waals surface area contributed by atoms with Crippen LogP contribution in [0.1, 0.15) is 27.7 Å². The summed E-state index contributed by atoms with van der Waals surface area (Å²) in [5.74, 6) is 0. The second-order valence-electron chi connectivity index (χ2n) is 6.94. The van der Waals surface area contributed by atoms with Crippen molar-refractivity contribution >= 4 is 34.5 Å². The van der Waals surface area contributed by atoms with Gasteiger partial charge in [-0.25, -0.2) is 0 Å². The minimum absolute atomic E-state index is 0.362. The van der Waals surface area contributed by atoms with E-state index in [1.807, 2.05) is 52.0 Å². The zero-order valence-corrected chi connectivity index (χ0v) is 13.3. The summed E-state index contributed by atoms with van der Waals surface area (Å²) >= 11 is 0. The van der Waals surface area contributed by atoms with Gasteiger partial charge < -0.3 is 13.7 Å². The summed E-state index contributed by atoms with van der Waals surface area (Å²) in [4.78, 5) is 0. The van der Waals surface area contributed by atoms with Crippen LogP contribution in [-0.2, 0) is 9.31 Å². The number of rotatable bonds is 1. The van der Waals surface area contributed by atoms with Crippen molar-refractivity contribution in [1.29, 1.82) is 0 Å². The summed E-state index contributed by atoms with van der Waals surface area (Å²) in [6, 6.07) is 14.4. The molecule has 3 nitrogen and oxygen atoms in total. The molecule has 2 aromatic carbocycles. The van der Waals surface area contributed by atoms with Crippen LogP contribution in [0.2, 0.25) is 0 Å². The molecule has 0 saturated carbocycles. The third-order valence-electron chi connectivity index (χ3n) is 4.93. The Balaban J connectivity index is 1.83. The van der Waals surface area contributed by atoms with Crippen LogP contribution in [-0.4, -0.2) is 18.3 Å². The second kappa shape index (κ2) is 4.37. The Morgan fingerprint density at radius 2 is 1.50 bits per heavy atom. The van der Waals surface area contributed by atoms with E-state index in [1.54, 1.807) is 0 Å². The highest BCUT2D eigenvalue weighted by atomic mass is 16.7. The molecule has 1 saturated heterocycles. The minimum atomic E-state index is -0.462. The normalized spacial score (nSPS) is 20.1. The number of hydrogen-bond donors (Lipinski definition) is 0. The lowest BCUT2D eigenvalue weighted by Crippen LogP contribution is -2.41. The number of fused-ring (bicyclic) bond motifs is 3. The molecular formula is C18H19BO3. The van der Waals surface area contributed by atoms with E-state index >= 15 is 0 Å². The van der Waals surface area contributed by atoms with Gasteiger partial charge in [-0.2, -0.15) is 0 Å². The van der Waals surface area contributed by atoms with Crippen LogP contribution >= 0.6 is 0 Å². The van der Waals surface area contributed by atoms with Gasteiger partial charge in [-0.15, -0.1) is 0 Å². The van der Waals surface area contributed by atoms with Crippen molar-refractivity contribution in [3.05, 3.63) is 42.5 Å². The van der Waals surface area contributed by atoms with Crippen LogP contribution in [0.5, 0.6) is 0 Å². The van der Waals surface area contributed by atoms with E-state index < -0.39 is 7.12 Å². The Morgan fingerprint density at radius 1 is 0.818 bits per heavy atom. The Kier molecular flexibility index (Phi) is 2.75. The molecule has 1 aromatic heterocycles. The Bertz CT molecular complexity index is 847. The summed E-state index contributed by atoms with van der Waals surface area (Å²) in [7, 11) is -0.462. The van der Waals surface area contributed by atoms with Crippen molar-refractivity contribution in [3.8, 4) is 0 Å². The van der Waals surface area contributed by atoms with Gasteiger partial charge in [-0.05, 0) is 50.6 Å². The topological polar surface area (TPSA) is 31.6 Å². The first-order valence-electron chi connectivity index (χ1n) is 7.64. The van der Waals surface area contributed by atoms with Gasteiger partial charge in [0.2, 0.25) is 0 Å². The highest BCUT2D eigenvalue weighted by Crippen LogP contribution is 2.37. The van der Waals surface area contributed by atoms with Gasteiger partial charge in [0, 0.05) is 5.39 Å². The van der Waals surface area contributed by atoms with Crippen molar-refractivity contribution in [2.75, 3.05) is 0 Å². The number of hydrogen-bond acceptors (Lipinski definition) is 3. The molecule has 4 rings (SSSR count). The fraction of sp³-hybridized carbons (Fsp3) is 0.333. The largest absolute Gasteiger partial charge is 0.532 e. The van der Waals surface area contributed by atoms with E-state index in [-0.39, 0.29) is 11.2 Å². The Hall–Kier alpha value is -1.78. The van der Waals surface area contributed by atoms with Gasteiger partial charge in [-0.3, -0.25) is 0 Å².